The largest absolute Gasteiger partial charge is 0.454 e. The van der Waals surface area contributed by atoms with Crippen molar-refractivity contribution >= 4 is 17.2 Å². The SMILES string of the molecule is Cc1cccc2nc(CN3CCC(C(=O)Nc4ccc5c(c4)OCO5)CC3)cc(=O)n12. The van der Waals surface area contributed by atoms with Crippen LogP contribution in [-0.4, -0.2) is 40.1 Å². The molecule has 8 nitrogen and oxygen atoms in total. The van der Waals surface area contributed by atoms with Gasteiger partial charge in [0.25, 0.3) is 5.56 Å². The van der Waals surface area contributed by atoms with Crippen molar-refractivity contribution in [1.82, 2.24) is 14.3 Å². The van der Waals surface area contributed by atoms with Crippen molar-refractivity contribution in [1.29, 1.82) is 0 Å². The van der Waals surface area contributed by atoms with Crippen LogP contribution in [0.25, 0.3) is 5.65 Å². The summed E-state index contributed by atoms with van der Waals surface area (Å²) in [7, 11) is 0. The number of benzene rings is 1. The second-order valence-electron chi connectivity index (χ2n) is 8.05. The van der Waals surface area contributed by atoms with Crippen LogP contribution < -0.4 is 20.3 Å². The van der Waals surface area contributed by atoms with Crippen LogP contribution in [0, 0.1) is 12.8 Å². The first-order valence-electron chi connectivity index (χ1n) is 10.5. The molecule has 2 aromatic heterocycles. The van der Waals surface area contributed by atoms with Gasteiger partial charge in [-0.1, -0.05) is 6.07 Å². The number of nitrogens with one attached hydrogen (secondary N) is 1. The molecule has 0 spiro atoms. The van der Waals surface area contributed by atoms with Crippen LogP contribution in [0.2, 0.25) is 0 Å². The topological polar surface area (TPSA) is 85.2 Å². The van der Waals surface area contributed by atoms with Crippen molar-refractivity contribution in [3.63, 3.8) is 0 Å². The van der Waals surface area contributed by atoms with Crippen LogP contribution in [0.15, 0.2) is 47.3 Å². The van der Waals surface area contributed by atoms with Crippen LogP contribution >= 0.6 is 0 Å². The minimum absolute atomic E-state index is 0.0241. The zero-order valence-corrected chi connectivity index (χ0v) is 17.3. The third-order valence-corrected chi connectivity index (χ3v) is 5.92. The van der Waals surface area contributed by atoms with E-state index in [-0.39, 0.29) is 24.2 Å². The third kappa shape index (κ3) is 3.98. The average Bonchev–Trinajstić information content (AvgIpc) is 3.22. The number of nitrogens with zero attached hydrogens (tertiary/aromatic N) is 3. The number of carbonyl (C=O) groups excluding carboxylic acids is 1. The van der Waals surface area contributed by atoms with E-state index in [2.05, 4.69) is 15.2 Å². The average molecular weight is 420 g/mol. The van der Waals surface area contributed by atoms with Gasteiger partial charge in [-0.3, -0.25) is 18.9 Å². The van der Waals surface area contributed by atoms with Crippen LogP contribution in [0.4, 0.5) is 5.69 Å². The minimum Gasteiger partial charge on any atom is -0.454 e. The van der Waals surface area contributed by atoms with Crippen molar-refractivity contribution in [3.05, 3.63) is 64.2 Å². The van der Waals surface area contributed by atoms with Crippen LogP contribution in [0.1, 0.15) is 24.2 Å². The maximum atomic E-state index is 12.7. The summed E-state index contributed by atoms with van der Waals surface area (Å²) in [5.41, 5.74) is 2.96. The Hall–Kier alpha value is -3.39. The summed E-state index contributed by atoms with van der Waals surface area (Å²) >= 11 is 0. The summed E-state index contributed by atoms with van der Waals surface area (Å²) in [6.07, 6.45) is 1.53. The molecule has 1 fully saturated rings. The van der Waals surface area contributed by atoms with Gasteiger partial charge in [0.2, 0.25) is 12.7 Å². The molecule has 1 aromatic carbocycles. The fourth-order valence-corrected chi connectivity index (χ4v) is 4.25. The number of aryl methyl sites for hydroxylation is 1. The van der Waals surface area contributed by atoms with Gasteiger partial charge in [0.15, 0.2) is 11.5 Å². The van der Waals surface area contributed by atoms with Crippen LogP contribution in [0.3, 0.4) is 0 Å². The van der Waals surface area contributed by atoms with Crippen molar-refractivity contribution < 1.29 is 14.3 Å². The van der Waals surface area contributed by atoms with E-state index in [1.807, 2.05) is 31.2 Å². The normalized spacial score (nSPS) is 16.5. The zero-order valence-electron chi connectivity index (χ0n) is 17.3. The summed E-state index contributed by atoms with van der Waals surface area (Å²) in [5.74, 6) is 1.33. The number of likely N-dealkylation sites (tertiary alicyclic amines) is 1. The Bertz CT molecular complexity index is 1200. The number of ether oxygens (including phenoxy) is 2. The Kier molecular flexibility index (Phi) is 5.07. The fourth-order valence-electron chi connectivity index (χ4n) is 4.25. The van der Waals surface area contributed by atoms with Gasteiger partial charge in [0.1, 0.15) is 5.65 Å². The summed E-state index contributed by atoms with van der Waals surface area (Å²) in [5, 5.41) is 2.99. The lowest BCUT2D eigenvalue weighted by atomic mass is 9.95. The first-order chi connectivity index (χ1) is 15.1. The van der Waals surface area contributed by atoms with Crippen molar-refractivity contribution in [2.24, 2.45) is 5.92 Å². The van der Waals surface area contributed by atoms with Gasteiger partial charge < -0.3 is 14.8 Å². The molecule has 1 saturated heterocycles. The minimum atomic E-state index is -0.0592. The van der Waals surface area contributed by atoms with Gasteiger partial charge in [0, 0.05) is 36.0 Å². The molecule has 160 valence electrons. The smallest absolute Gasteiger partial charge is 0.258 e. The number of fused-ring (bicyclic) bond motifs is 2. The molecule has 4 heterocycles. The van der Waals surface area contributed by atoms with Crippen molar-refractivity contribution in [2.75, 3.05) is 25.2 Å². The number of pyridine rings is 1. The second kappa shape index (κ2) is 8.03. The Labute approximate surface area is 179 Å². The van der Waals surface area contributed by atoms with E-state index >= 15 is 0 Å². The van der Waals surface area contributed by atoms with E-state index in [1.54, 1.807) is 22.6 Å². The number of carbonyl (C=O) groups is 1. The molecule has 0 bridgehead atoms. The van der Waals surface area contributed by atoms with E-state index in [9.17, 15) is 9.59 Å². The molecule has 0 unspecified atom stereocenters. The zero-order chi connectivity index (χ0) is 21.4. The summed E-state index contributed by atoms with van der Waals surface area (Å²) in [4.78, 5) is 32.1. The monoisotopic (exact) mass is 420 g/mol. The quantitative estimate of drug-likeness (QED) is 0.698. The van der Waals surface area contributed by atoms with E-state index in [0.29, 0.717) is 29.4 Å². The van der Waals surface area contributed by atoms with E-state index in [4.69, 9.17) is 9.47 Å². The molecule has 1 N–H and O–H groups in total. The first kappa shape index (κ1) is 19.6. The first-order valence-corrected chi connectivity index (χ1v) is 10.5. The van der Waals surface area contributed by atoms with E-state index in [1.165, 1.54) is 0 Å². The number of rotatable bonds is 4. The molecule has 3 aromatic rings. The summed E-state index contributed by atoms with van der Waals surface area (Å²) in [6, 6.07) is 12.7. The maximum absolute atomic E-state index is 12.7. The fraction of sp³-hybridized carbons (Fsp3) is 0.348. The lowest BCUT2D eigenvalue weighted by Gasteiger charge is -2.31. The third-order valence-electron chi connectivity index (χ3n) is 5.92. The van der Waals surface area contributed by atoms with Gasteiger partial charge >= 0.3 is 0 Å². The summed E-state index contributed by atoms with van der Waals surface area (Å²) in [6.45, 7) is 4.29. The second-order valence-corrected chi connectivity index (χ2v) is 8.05. The molecule has 5 rings (SSSR count). The number of hydrogen-bond donors (Lipinski definition) is 1. The molecule has 0 saturated carbocycles. The molecule has 31 heavy (non-hydrogen) atoms. The van der Waals surface area contributed by atoms with Gasteiger partial charge in [0.05, 0.1) is 5.69 Å². The highest BCUT2D eigenvalue weighted by molar-refractivity contribution is 5.93. The molecular weight excluding hydrogens is 396 g/mol. The van der Waals surface area contributed by atoms with Gasteiger partial charge in [-0.05, 0) is 57.1 Å². The number of amides is 1. The lowest BCUT2D eigenvalue weighted by molar-refractivity contribution is -0.121. The van der Waals surface area contributed by atoms with Gasteiger partial charge in [-0.2, -0.15) is 0 Å². The number of piperidine rings is 1. The Balaban J connectivity index is 1.19. The standard InChI is InChI=1S/C23H24N4O4/c1-15-3-2-4-21-24-18(12-22(28)27(15)21)13-26-9-7-16(8-10-26)23(29)25-17-5-6-19-20(11-17)31-14-30-19/h2-6,11-12,16H,7-10,13-14H2,1H3,(H,25,29). The van der Waals surface area contributed by atoms with E-state index < -0.39 is 0 Å². The number of aromatic nitrogens is 2. The Morgan fingerprint density at radius 2 is 1.94 bits per heavy atom. The molecule has 0 radical (unpaired) electrons. The molecule has 2 aliphatic rings. The molecule has 2 aliphatic heterocycles. The highest BCUT2D eigenvalue weighted by Gasteiger charge is 2.26. The number of anilines is 1. The van der Waals surface area contributed by atoms with E-state index in [0.717, 1.165) is 37.3 Å². The van der Waals surface area contributed by atoms with Crippen molar-refractivity contribution in [2.45, 2.75) is 26.3 Å². The lowest BCUT2D eigenvalue weighted by Crippen LogP contribution is -2.38. The van der Waals surface area contributed by atoms with Gasteiger partial charge in [-0.25, -0.2) is 4.98 Å². The molecule has 1 amide bonds. The highest BCUT2D eigenvalue weighted by atomic mass is 16.7. The number of hydrogen-bond acceptors (Lipinski definition) is 6. The molecule has 8 heteroatoms. The van der Waals surface area contributed by atoms with Gasteiger partial charge in [-0.15, -0.1) is 0 Å². The predicted octanol–water partition coefficient (Wildman–Crippen LogP) is 2.58. The molecule has 0 aliphatic carbocycles. The van der Waals surface area contributed by atoms with Crippen LogP contribution in [0.5, 0.6) is 11.5 Å². The summed E-state index contributed by atoms with van der Waals surface area (Å²) < 4.78 is 12.3. The Morgan fingerprint density at radius 3 is 2.77 bits per heavy atom. The van der Waals surface area contributed by atoms with Crippen molar-refractivity contribution in [3.8, 4) is 11.5 Å². The Morgan fingerprint density at radius 1 is 1.13 bits per heavy atom. The molecular formula is C23H24N4O4. The maximum Gasteiger partial charge on any atom is 0.258 e. The predicted molar refractivity (Wildman–Crippen MR) is 115 cm³/mol. The highest BCUT2D eigenvalue weighted by Crippen LogP contribution is 2.34. The van der Waals surface area contributed by atoms with Crippen LogP contribution in [-0.2, 0) is 11.3 Å². The molecule has 0 atom stereocenters.